The molecule has 0 amide bonds. The Hall–Kier alpha value is -3.02. The van der Waals surface area contributed by atoms with E-state index in [0.29, 0.717) is 5.82 Å². The van der Waals surface area contributed by atoms with Gasteiger partial charge in [-0.1, -0.05) is 72.8 Å². The van der Waals surface area contributed by atoms with Crippen LogP contribution in [-0.2, 0) is 9.31 Å². The monoisotopic (exact) mass is 408 g/mol. The molecule has 0 bridgehead atoms. The zero-order valence-corrected chi connectivity index (χ0v) is 18.3. The van der Waals surface area contributed by atoms with Crippen molar-refractivity contribution < 1.29 is 9.31 Å². The van der Waals surface area contributed by atoms with Gasteiger partial charge in [0.15, 0.2) is 5.82 Å². The van der Waals surface area contributed by atoms with Crippen LogP contribution in [0.1, 0.15) is 27.7 Å². The van der Waals surface area contributed by atoms with Crippen LogP contribution in [-0.4, -0.2) is 28.3 Å². The van der Waals surface area contributed by atoms with Crippen molar-refractivity contribution in [1.82, 2.24) is 9.97 Å². The van der Waals surface area contributed by atoms with Crippen LogP contribution in [0.25, 0.3) is 33.4 Å². The lowest BCUT2D eigenvalue weighted by Gasteiger charge is -2.32. The number of hydrogen-bond acceptors (Lipinski definition) is 4. The highest BCUT2D eigenvalue weighted by Gasteiger charge is 2.52. The van der Waals surface area contributed by atoms with Gasteiger partial charge in [0.2, 0.25) is 0 Å². The van der Waals surface area contributed by atoms with E-state index in [1.54, 1.807) is 0 Å². The molecule has 1 aromatic heterocycles. The molecule has 0 unspecified atom stereocenters. The second kappa shape index (κ2) is 7.29. The summed E-state index contributed by atoms with van der Waals surface area (Å²) in [6, 6.07) is 26.7. The molecule has 2 heterocycles. The van der Waals surface area contributed by atoms with Crippen LogP contribution < -0.4 is 5.59 Å². The van der Waals surface area contributed by atoms with Gasteiger partial charge < -0.3 is 9.31 Å². The average molecular weight is 408 g/mol. The molecule has 0 aliphatic carbocycles. The van der Waals surface area contributed by atoms with Crippen molar-refractivity contribution in [3.63, 3.8) is 0 Å². The predicted octanol–water partition coefficient (Wildman–Crippen LogP) is 5.26. The van der Waals surface area contributed by atoms with Crippen molar-refractivity contribution in [3.8, 4) is 22.6 Å². The van der Waals surface area contributed by atoms with Crippen molar-refractivity contribution in [2.75, 3.05) is 0 Å². The molecule has 154 valence electrons. The van der Waals surface area contributed by atoms with E-state index in [-0.39, 0.29) is 0 Å². The minimum atomic E-state index is -0.552. The van der Waals surface area contributed by atoms with Crippen molar-refractivity contribution in [2.45, 2.75) is 38.9 Å². The molecule has 0 N–H and O–H groups in total. The molecule has 0 saturated carbocycles. The van der Waals surface area contributed by atoms with E-state index in [1.807, 2.05) is 36.4 Å². The number of benzene rings is 3. The van der Waals surface area contributed by atoms with Gasteiger partial charge in [0.1, 0.15) is 0 Å². The first-order valence-corrected chi connectivity index (χ1v) is 10.6. The van der Waals surface area contributed by atoms with E-state index in [4.69, 9.17) is 19.3 Å². The van der Waals surface area contributed by atoms with Gasteiger partial charge >= 0.3 is 7.12 Å². The number of nitrogens with zero attached hydrogens (tertiary/aromatic N) is 2. The summed E-state index contributed by atoms with van der Waals surface area (Å²) in [6.45, 7) is 8.21. The molecule has 0 radical (unpaired) electrons. The lowest BCUT2D eigenvalue weighted by Crippen LogP contribution is -2.41. The Morgan fingerprint density at radius 2 is 1.35 bits per heavy atom. The zero-order valence-electron chi connectivity index (χ0n) is 18.3. The summed E-state index contributed by atoms with van der Waals surface area (Å²) < 4.78 is 12.6. The maximum atomic E-state index is 6.31. The molecule has 5 rings (SSSR count). The summed E-state index contributed by atoms with van der Waals surface area (Å²) in [6.07, 6.45) is 0. The molecule has 1 fully saturated rings. The molecular weight excluding hydrogens is 383 g/mol. The van der Waals surface area contributed by atoms with Gasteiger partial charge in [-0.3, -0.25) is 0 Å². The van der Waals surface area contributed by atoms with Gasteiger partial charge in [-0.25, -0.2) is 9.97 Å². The van der Waals surface area contributed by atoms with E-state index in [0.717, 1.165) is 27.8 Å². The molecule has 0 atom stereocenters. The van der Waals surface area contributed by atoms with E-state index in [2.05, 4.69) is 70.2 Å². The van der Waals surface area contributed by atoms with Gasteiger partial charge in [-0.05, 0) is 44.5 Å². The van der Waals surface area contributed by atoms with Crippen LogP contribution in [0.3, 0.4) is 0 Å². The van der Waals surface area contributed by atoms with Crippen molar-refractivity contribution in [1.29, 1.82) is 0 Å². The predicted molar refractivity (Wildman–Crippen MR) is 126 cm³/mol. The summed E-state index contributed by atoms with van der Waals surface area (Å²) in [5.74, 6) is 0.663. The third kappa shape index (κ3) is 3.54. The maximum Gasteiger partial charge on any atom is 0.514 e. The van der Waals surface area contributed by atoms with E-state index in [9.17, 15) is 0 Å². The molecular formula is C26H25BN2O2. The lowest BCUT2D eigenvalue weighted by atomic mass is 9.83. The molecule has 1 saturated heterocycles. The molecule has 1 aliphatic rings. The summed E-state index contributed by atoms with van der Waals surface area (Å²) in [5, 5.41) is 2.33. The fourth-order valence-corrected chi connectivity index (χ4v) is 3.85. The van der Waals surface area contributed by atoms with Crippen molar-refractivity contribution in [3.05, 3.63) is 78.9 Å². The van der Waals surface area contributed by atoms with Gasteiger partial charge in [-0.15, -0.1) is 0 Å². The Bertz CT molecular complexity index is 1230. The van der Waals surface area contributed by atoms with Crippen LogP contribution in [0.2, 0.25) is 0 Å². The van der Waals surface area contributed by atoms with E-state index in [1.165, 1.54) is 5.39 Å². The zero-order chi connectivity index (χ0) is 21.6. The Labute approximate surface area is 183 Å². The first-order valence-electron chi connectivity index (χ1n) is 10.6. The molecule has 31 heavy (non-hydrogen) atoms. The summed E-state index contributed by atoms with van der Waals surface area (Å²) in [7, 11) is -0.552. The van der Waals surface area contributed by atoms with Crippen LogP contribution in [0.15, 0.2) is 78.9 Å². The first-order chi connectivity index (χ1) is 14.8. The molecule has 4 nitrogen and oxygen atoms in total. The summed E-state index contributed by atoms with van der Waals surface area (Å²) >= 11 is 0. The number of aromatic nitrogens is 2. The lowest BCUT2D eigenvalue weighted by molar-refractivity contribution is 0.00578. The highest BCUT2D eigenvalue weighted by molar-refractivity contribution is 6.61. The highest BCUT2D eigenvalue weighted by Crippen LogP contribution is 2.37. The summed E-state index contributed by atoms with van der Waals surface area (Å²) in [4.78, 5) is 9.81. The van der Waals surface area contributed by atoms with Crippen LogP contribution in [0, 0.1) is 0 Å². The van der Waals surface area contributed by atoms with Crippen LogP contribution >= 0.6 is 0 Å². The van der Waals surface area contributed by atoms with Crippen molar-refractivity contribution in [2.24, 2.45) is 0 Å². The third-order valence-electron chi connectivity index (χ3n) is 6.34. The SMILES string of the molecule is CC1(C)OB(c2cc(-c3cccc4ccccc34)nc(-c3ccccc3)n2)OC1(C)C. The Morgan fingerprint density at radius 1 is 0.710 bits per heavy atom. The van der Waals surface area contributed by atoms with E-state index >= 15 is 0 Å². The van der Waals surface area contributed by atoms with E-state index < -0.39 is 18.3 Å². The van der Waals surface area contributed by atoms with Gasteiger partial charge in [0, 0.05) is 11.1 Å². The quantitative estimate of drug-likeness (QED) is 0.434. The topological polar surface area (TPSA) is 44.2 Å². The number of rotatable bonds is 3. The standard InChI is InChI=1S/C26H25BN2O2/c1-25(2)26(3,4)31-27(30-25)23-17-22(28-24(29-23)19-12-6-5-7-13-19)21-16-10-14-18-11-8-9-15-20(18)21/h5-17H,1-4H3. The Balaban J connectivity index is 1.70. The number of fused-ring (bicyclic) bond motifs is 1. The number of hydrogen-bond donors (Lipinski definition) is 0. The first kappa shape index (κ1) is 19.9. The average Bonchev–Trinajstić information content (AvgIpc) is 3.00. The van der Waals surface area contributed by atoms with Gasteiger partial charge in [0.05, 0.1) is 22.5 Å². The van der Waals surface area contributed by atoms with Gasteiger partial charge in [0.25, 0.3) is 0 Å². The third-order valence-corrected chi connectivity index (χ3v) is 6.34. The normalized spacial score (nSPS) is 17.2. The fraction of sp³-hybridized carbons (Fsp3) is 0.231. The molecule has 1 aliphatic heterocycles. The molecule has 5 heteroatoms. The summed E-state index contributed by atoms with van der Waals surface area (Å²) in [5.41, 5.74) is 2.74. The van der Waals surface area contributed by atoms with Crippen molar-refractivity contribution >= 4 is 23.5 Å². The largest absolute Gasteiger partial charge is 0.514 e. The Morgan fingerprint density at radius 3 is 2.10 bits per heavy atom. The van der Waals surface area contributed by atoms with Crippen LogP contribution in [0.4, 0.5) is 0 Å². The molecule has 4 aromatic rings. The maximum absolute atomic E-state index is 6.31. The minimum absolute atomic E-state index is 0.435. The molecule has 3 aromatic carbocycles. The minimum Gasteiger partial charge on any atom is -0.398 e. The smallest absolute Gasteiger partial charge is 0.398 e. The second-order valence-corrected chi connectivity index (χ2v) is 8.98. The highest BCUT2D eigenvalue weighted by atomic mass is 16.7. The van der Waals surface area contributed by atoms with Crippen LogP contribution in [0.5, 0.6) is 0 Å². The molecule has 0 spiro atoms. The van der Waals surface area contributed by atoms with Gasteiger partial charge in [-0.2, -0.15) is 0 Å². The second-order valence-electron chi connectivity index (χ2n) is 8.98. The Kier molecular flexibility index (Phi) is 4.69. The fourth-order valence-electron chi connectivity index (χ4n) is 3.85.